The van der Waals surface area contributed by atoms with Crippen molar-refractivity contribution in [2.75, 3.05) is 0 Å². The second kappa shape index (κ2) is 7.82. The van der Waals surface area contributed by atoms with Crippen LogP contribution in [0.4, 0.5) is 0 Å². The van der Waals surface area contributed by atoms with Crippen molar-refractivity contribution in [3.05, 3.63) is 30.1 Å². The maximum absolute atomic E-state index is 11.7. The molecule has 0 aliphatic rings. The van der Waals surface area contributed by atoms with Gasteiger partial charge in [-0.25, -0.2) is 4.79 Å². The van der Waals surface area contributed by atoms with E-state index in [9.17, 15) is 4.79 Å². The minimum Gasteiger partial charge on any atom is -0.459 e. The largest absolute Gasteiger partial charge is 0.459 e. The van der Waals surface area contributed by atoms with Crippen molar-refractivity contribution in [1.82, 2.24) is 4.98 Å². The number of nitrogens with zero attached hydrogens (tertiary/aromatic N) is 1. The summed E-state index contributed by atoms with van der Waals surface area (Å²) in [7, 11) is 0. The van der Waals surface area contributed by atoms with Crippen molar-refractivity contribution in [3.63, 3.8) is 0 Å². The van der Waals surface area contributed by atoms with Gasteiger partial charge in [-0.2, -0.15) is 0 Å². The molecule has 0 aromatic carbocycles. The molecule has 3 heteroatoms. The van der Waals surface area contributed by atoms with Crippen LogP contribution in [0.1, 0.15) is 56.3 Å². The predicted molar refractivity (Wildman–Crippen MR) is 67.9 cm³/mol. The fourth-order valence-electron chi connectivity index (χ4n) is 1.65. The summed E-state index contributed by atoms with van der Waals surface area (Å²) >= 11 is 0. The predicted octanol–water partition coefficient (Wildman–Crippen LogP) is 3.60. The van der Waals surface area contributed by atoms with Gasteiger partial charge in [-0.1, -0.05) is 26.2 Å². The van der Waals surface area contributed by atoms with Crippen LogP contribution in [0.5, 0.6) is 0 Å². The standard InChI is InChI=1S/C14H21NO2/c1-3-4-5-6-8-12(2)17-14(16)13-9-7-10-15-11-13/h7,9-12H,3-6,8H2,1-2H3. The monoisotopic (exact) mass is 235 g/mol. The number of hydrogen-bond donors (Lipinski definition) is 0. The Morgan fingerprint density at radius 3 is 2.88 bits per heavy atom. The van der Waals surface area contributed by atoms with Crippen LogP contribution in [0.25, 0.3) is 0 Å². The molecule has 1 aromatic heterocycles. The SMILES string of the molecule is CCCCCCC(C)OC(=O)c1cccnc1. The summed E-state index contributed by atoms with van der Waals surface area (Å²) in [5.41, 5.74) is 0.521. The number of aromatic nitrogens is 1. The Labute approximate surface area is 103 Å². The molecule has 0 saturated carbocycles. The molecule has 1 rings (SSSR count). The van der Waals surface area contributed by atoms with Crippen LogP contribution in [0, 0.1) is 0 Å². The van der Waals surface area contributed by atoms with Gasteiger partial charge < -0.3 is 4.74 Å². The van der Waals surface area contributed by atoms with E-state index in [4.69, 9.17) is 4.74 Å². The van der Waals surface area contributed by atoms with E-state index in [1.165, 1.54) is 25.5 Å². The first-order valence-electron chi connectivity index (χ1n) is 6.35. The molecule has 1 aromatic rings. The van der Waals surface area contributed by atoms with Gasteiger partial charge in [-0.15, -0.1) is 0 Å². The number of pyridine rings is 1. The van der Waals surface area contributed by atoms with E-state index in [0.717, 1.165) is 12.8 Å². The first kappa shape index (κ1) is 13.7. The average molecular weight is 235 g/mol. The maximum atomic E-state index is 11.7. The van der Waals surface area contributed by atoms with Crippen molar-refractivity contribution in [2.45, 2.75) is 52.1 Å². The van der Waals surface area contributed by atoms with E-state index >= 15 is 0 Å². The second-order valence-electron chi connectivity index (χ2n) is 4.31. The minimum atomic E-state index is -0.277. The molecule has 0 N–H and O–H groups in total. The van der Waals surface area contributed by atoms with E-state index in [1.54, 1.807) is 18.3 Å². The number of rotatable bonds is 7. The molecule has 1 unspecified atom stereocenters. The lowest BCUT2D eigenvalue weighted by atomic mass is 10.1. The van der Waals surface area contributed by atoms with Crippen molar-refractivity contribution >= 4 is 5.97 Å². The van der Waals surface area contributed by atoms with E-state index in [0.29, 0.717) is 5.56 Å². The summed E-state index contributed by atoms with van der Waals surface area (Å²) in [6, 6.07) is 3.46. The van der Waals surface area contributed by atoms with Gasteiger partial charge in [-0.05, 0) is 31.9 Å². The molecule has 0 fully saturated rings. The first-order chi connectivity index (χ1) is 8.24. The summed E-state index contributed by atoms with van der Waals surface area (Å²) in [6.07, 6.45) is 8.91. The van der Waals surface area contributed by atoms with Crippen LogP contribution < -0.4 is 0 Å². The van der Waals surface area contributed by atoms with Crippen molar-refractivity contribution in [3.8, 4) is 0 Å². The van der Waals surface area contributed by atoms with Gasteiger partial charge in [-0.3, -0.25) is 4.98 Å². The average Bonchev–Trinajstić information content (AvgIpc) is 2.36. The van der Waals surface area contributed by atoms with Gasteiger partial charge in [0.25, 0.3) is 0 Å². The van der Waals surface area contributed by atoms with E-state index in [-0.39, 0.29) is 12.1 Å². The highest BCUT2D eigenvalue weighted by Gasteiger charge is 2.11. The normalized spacial score (nSPS) is 12.1. The zero-order chi connectivity index (χ0) is 12.5. The molecule has 1 atom stereocenters. The van der Waals surface area contributed by atoms with E-state index in [1.807, 2.05) is 6.92 Å². The molecule has 0 spiro atoms. The van der Waals surface area contributed by atoms with Gasteiger partial charge in [0.2, 0.25) is 0 Å². The smallest absolute Gasteiger partial charge is 0.339 e. The molecule has 17 heavy (non-hydrogen) atoms. The topological polar surface area (TPSA) is 39.2 Å². The zero-order valence-electron chi connectivity index (χ0n) is 10.7. The Bertz CT molecular complexity index is 324. The number of unbranched alkanes of at least 4 members (excludes halogenated alkanes) is 3. The Balaban J connectivity index is 2.26. The van der Waals surface area contributed by atoms with Crippen molar-refractivity contribution in [2.24, 2.45) is 0 Å². The fourth-order valence-corrected chi connectivity index (χ4v) is 1.65. The summed E-state index contributed by atoms with van der Waals surface area (Å²) in [4.78, 5) is 15.6. The molecule has 0 aliphatic carbocycles. The molecule has 94 valence electrons. The molecule has 3 nitrogen and oxygen atoms in total. The molecular weight excluding hydrogens is 214 g/mol. The van der Waals surface area contributed by atoms with Crippen LogP contribution in [0.2, 0.25) is 0 Å². The van der Waals surface area contributed by atoms with Gasteiger partial charge >= 0.3 is 5.97 Å². The van der Waals surface area contributed by atoms with Crippen molar-refractivity contribution < 1.29 is 9.53 Å². The highest BCUT2D eigenvalue weighted by atomic mass is 16.5. The van der Waals surface area contributed by atoms with Crippen LogP contribution in [0.3, 0.4) is 0 Å². The molecule has 0 aliphatic heterocycles. The van der Waals surface area contributed by atoms with Gasteiger partial charge in [0.05, 0.1) is 11.7 Å². The summed E-state index contributed by atoms with van der Waals surface area (Å²) < 4.78 is 5.34. The van der Waals surface area contributed by atoms with E-state index in [2.05, 4.69) is 11.9 Å². The van der Waals surface area contributed by atoms with Crippen LogP contribution in [-0.4, -0.2) is 17.1 Å². The second-order valence-corrected chi connectivity index (χ2v) is 4.31. The summed E-state index contributed by atoms with van der Waals surface area (Å²) in [5.74, 6) is -0.277. The molecule has 0 amide bonds. The van der Waals surface area contributed by atoms with Gasteiger partial charge in [0.1, 0.15) is 0 Å². The van der Waals surface area contributed by atoms with Crippen LogP contribution >= 0.6 is 0 Å². The first-order valence-corrected chi connectivity index (χ1v) is 6.35. The number of ether oxygens (including phenoxy) is 1. The summed E-state index contributed by atoms with van der Waals surface area (Å²) in [6.45, 7) is 4.13. The highest BCUT2D eigenvalue weighted by Crippen LogP contribution is 2.10. The Morgan fingerprint density at radius 2 is 2.24 bits per heavy atom. The lowest BCUT2D eigenvalue weighted by Crippen LogP contribution is -2.15. The third-order valence-corrected chi connectivity index (χ3v) is 2.67. The van der Waals surface area contributed by atoms with Crippen molar-refractivity contribution in [1.29, 1.82) is 0 Å². The number of carbonyl (C=O) groups excluding carboxylic acids is 1. The number of carbonyl (C=O) groups is 1. The van der Waals surface area contributed by atoms with Gasteiger partial charge in [0.15, 0.2) is 0 Å². The van der Waals surface area contributed by atoms with Gasteiger partial charge in [0, 0.05) is 12.4 Å². The molecular formula is C14H21NO2. The molecule has 0 radical (unpaired) electrons. The lowest BCUT2D eigenvalue weighted by molar-refractivity contribution is 0.0319. The molecule has 0 saturated heterocycles. The lowest BCUT2D eigenvalue weighted by Gasteiger charge is -2.12. The maximum Gasteiger partial charge on any atom is 0.339 e. The third-order valence-electron chi connectivity index (χ3n) is 2.67. The zero-order valence-corrected chi connectivity index (χ0v) is 10.7. The Hall–Kier alpha value is -1.38. The third kappa shape index (κ3) is 5.48. The minimum absolute atomic E-state index is 0.0143. The van der Waals surface area contributed by atoms with Crippen LogP contribution in [0.15, 0.2) is 24.5 Å². The number of hydrogen-bond acceptors (Lipinski definition) is 3. The Morgan fingerprint density at radius 1 is 1.41 bits per heavy atom. The van der Waals surface area contributed by atoms with Crippen LogP contribution in [-0.2, 0) is 4.74 Å². The highest BCUT2D eigenvalue weighted by molar-refractivity contribution is 5.89. The number of esters is 1. The fraction of sp³-hybridized carbons (Fsp3) is 0.571. The Kier molecular flexibility index (Phi) is 6.30. The molecule has 1 heterocycles. The van der Waals surface area contributed by atoms with E-state index < -0.39 is 0 Å². The summed E-state index contributed by atoms with van der Waals surface area (Å²) in [5, 5.41) is 0. The quantitative estimate of drug-likeness (QED) is 0.535. The molecule has 0 bridgehead atoms.